The lowest BCUT2D eigenvalue weighted by atomic mass is 10.0. The van der Waals surface area contributed by atoms with Crippen LogP contribution in [0.1, 0.15) is 15.9 Å². The zero-order valence-corrected chi connectivity index (χ0v) is 14.0. The van der Waals surface area contributed by atoms with Crippen molar-refractivity contribution in [1.29, 1.82) is 0 Å². The molecule has 0 bridgehead atoms. The molecule has 0 unspecified atom stereocenters. The minimum absolute atomic E-state index is 0.134. The van der Waals surface area contributed by atoms with E-state index in [4.69, 9.17) is 0 Å². The lowest BCUT2D eigenvalue weighted by Gasteiger charge is -2.06. The Hall–Kier alpha value is -2.93. The molecule has 0 saturated carbocycles. The number of aromatic nitrogens is 1. The van der Waals surface area contributed by atoms with Crippen LogP contribution in [0.2, 0.25) is 0 Å². The number of hydrogen-bond acceptors (Lipinski definition) is 3. The summed E-state index contributed by atoms with van der Waals surface area (Å²) in [5.41, 5.74) is -0.520. The average Bonchev–Trinajstić information content (AvgIpc) is 3.02. The third kappa shape index (κ3) is 2.90. The van der Waals surface area contributed by atoms with Gasteiger partial charge in [0.25, 0.3) is 5.91 Å². The van der Waals surface area contributed by atoms with Gasteiger partial charge in [0.2, 0.25) is 0 Å². The van der Waals surface area contributed by atoms with Gasteiger partial charge in [0.05, 0.1) is 15.8 Å². The van der Waals surface area contributed by atoms with Gasteiger partial charge in [-0.25, -0.2) is 4.98 Å². The van der Waals surface area contributed by atoms with Gasteiger partial charge in [0.15, 0.2) is 5.13 Å². The van der Waals surface area contributed by atoms with Crippen molar-refractivity contribution in [3.8, 4) is 0 Å². The molecule has 0 aliphatic heterocycles. The number of alkyl halides is 3. The van der Waals surface area contributed by atoms with E-state index in [1.165, 1.54) is 6.07 Å². The van der Waals surface area contributed by atoms with Crippen LogP contribution in [-0.4, -0.2) is 10.9 Å². The molecule has 130 valence electrons. The molecule has 3 nitrogen and oxygen atoms in total. The maximum Gasteiger partial charge on any atom is 0.418 e. The maximum atomic E-state index is 13.1. The monoisotopic (exact) mass is 372 g/mol. The standard InChI is InChI=1S/C19H11F3N2OS/c20-19(21,22)14-9-4-10-15-16(14)23-18(26-15)24-17(25)13-8-3-6-11-5-1-2-7-12(11)13/h1-10H,(H,23,24,25). The highest BCUT2D eigenvalue weighted by molar-refractivity contribution is 7.22. The zero-order chi connectivity index (χ0) is 18.3. The number of para-hydroxylation sites is 1. The fourth-order valence-corrected chi connectivity index (χ4v) is 3.71. The number of hydrogen-bond donors (Lipinski definition) is 1. The molecule has 1 aromatic heterocycles. The molecule has 0 saturated heterocycles. The second kappa shape index (κ2) is 6.10. The Morgan fingerprint density at radius 1 is 0.962 bits per heavy atom. The largest absolute Gasteiger partial charge is 0.418 e. The lowest BCUT2D eigenvalue weighted by molar-refractivity contribution is -0.136. The average molecular weight is 372 g/mol. The van der Waals surface area contributed by atoms with Crippen molar-refractivity contribution in [2.45, 2.75) is 6.18 Å². The molecule has 0 atom stereocenters. The molecule has 3 aromatic carbocycles. The second-order valence-electron chi connectivity index (χ2n) is 5.65. The Morgan fingerprint density at radius 3 is 2.50 bits per heavy atom. The van der Waals surface area contributed by atoms with E-state index in [1.807, 2.05) is 30.3 Å². The van der Waals surface area contributed by atoms with Crippen molar-refractivity contribution in [2.24, 2.45) is 0 Å². The number of thiazole rings is 1. The van der Waals surface area contributed by atoms with Crippen LogP contribution in [0.15, 0.2) is 60.7 Å². The fraction of sp³-hybridized carbons (Fsp3) is 0.0526. The molecule has 7 heteroatoms. The van der Waals surface area contributed by atoms with E-state index in [2.05, 4.69) is 10.3 Å². The second-order valence-corrected chi connectivity index (χ2v) is 6.68. The summed E-state index contributed by atoms with van der Waals surface area (Å²) in [7, 11) is 0. The van der Waals surface area contributed by atoms with E-state index >= 15 is 0 Å². The number of amides is 1. The number of benzene rings is 3. The van der Waals surface area contributed by atoms with Crippen molar-refractivity contribution in [3.63, 3.8) is 0 Å². The van der Waals surface area contributed by atoms with E-state index in [1.54, 1.807) is 18.2 Å². The predicted octanol–water partition coefficient (Wildman–Crippen LogP) is 5.72. The first-order valence-corrected chi connectivity index (χ1v) is 8.51. The number of fused-ring (bicyclic) bond motifs is 2. The Labute approximate surface area is 150 Å². The minimum Gasteiger partial charge on any atom is -0.298 e. The molecule has 0 aliphatic carbocycles. The van der Waals surface area contributed by atoms with Gasteiger partial charge < -0.3 is 0 Å². The molecule has 0 spiro atoms. The van der Waals surface area contributed by atoms with Gasteiger partial charge >= 0.3 is 6.18 Å². The summed E-state index contributed by atoms with van der Waals surface area (Å²) in [5.74, 6) is -0.408. The summed E-state index contributed by atoms with van der Waals surface area (Å²) in [6.07, 6.45) is -4.50. The molecule has 0 aliphatic rings. The van der Waals surface area contributed by atoms with Crippen molar-refractivity contribution >= 4 is 43.4 Å². The van der Waals surface area contributed by atoms with Crippen LogP contribution in [0.25, 0.3) is 21.0 Å². The number of halogens is 3. The normalized spacial score (nSPS) is 11.8. The van der Waals surface area contributed by atoms with Gasteiger partial charge in [-0.1, -0.05) is 53.8 Å². The molecule has 26 heavy (non-hydrogen) atoms. The highest BCUT2D eigenvalue weighted by Crippen LogP contribution is 2.37. The van der Waals surface area contributed by atoms with Crippen molar-refractivity contribution in [2.75, 3.05) is 5.32 Å². The van der Waals surface area contributed by atoms with Crippen LogP contribution in [-0.2, 0) is 6.18 Å². The van der Waals surface area contributed by atoms with Gasteiger partial charge in [-0.15, -0.1) is 0 Å². The molecule has 0 radical (unpaired) electrons. The van der Waals surface area contributed by atoms with Crippen molar-refractivity contribution in [1.82, 2.24) is 4.98 Å². The number of anilines is 1. The first-order chi connectivity index (χ1) is 12.4. The summed E-state index contributed by atoms with van der Waals surface area (Å²) in [5, 5.41) is 4.43. The van der Waals surface area contributed by atoms with Gasteiger partial charge in [-0.05, 0) is 29.0 Å². The molecule has 4 rings (SSSR count). The van der Waals surface area contributed by atoms with E-state index in [-0.39, 0.29) is 10.6 Å². The summed E-state index contributed by atoms with van der Waals surface area (Å²) in [6.45, 7) is 0. The van der Waals surface area contributed by atoms with E-state index < -0.39 is 17.6 Å². The molecule has 1 amide bonds. The molecular formula is C19H11F3N2OS. The minimum atomic E-state index is -4.50. The Morgan fingerprint density at radius 2 is 1.69 bits per heavy atom. The van der Waals surface area contributed by atoms with Crippen molar-refractivity contribution < 1.29 is 18.0 Å². The third-order valence-electron chi connectivity index (χ3n) is 3.98. The smallest absolute Gasteiger partial charge is 0.298 e. The van der Waals surface area contributed by atoms with Gasteiger partial charge in [-0.2, -0.15) is 13.2 Å². The number of nitrogens with one attached hydrogen (secondary N) is 1. The Balaban J connectivity index is 1.72. The Kier molecular flexibility index (Phi) is 3.88. The predicted molar refractivity (Wildman–Crippen MR) is 96.5 cm³/mol. The number of carbonyl (C=O) groups is 1. The quantitative estimate of drug-likeness (QED) is 0.489. The van der Waals surface area contributed by atoms with Crippen LogP contribution in [0, 0.1) is 0 Å². The summed E-state index contributed by atoms with van der Waals surface area (Å²) in [4.78, 5) is 16.6. The number of rotatable bonds is 2. The highest BCUT2D eigenvalue weighted by Gasteiger charge is 2.33. The number of carbonyl (C=O) groups excluding carboxylic acids is 1. The van der Waals surface area contributed by atoms with Crippen LogP contribution >= 0.6 is 11.3 Å². The van der Waals surface area contributed by atoms with Crippen molar-refractivity contribution in [3.05, 3.63) is 71.8 Å². The molecule has 1 N–H and O–H groups in total. The topological polar surface area (TPSA) is 42.0 Å². The summed E-state index contributed by atoms with van der Waals surface area (Å²) >= 11 is 1.01. The Bertz CT molecular complexity index is 1130. The lowest BCUT2D eigenvalue weighted by Crippen LogP contribution is -2.12. The molecule has 1 heterocycles. The van der Waals surface area contributed by atoms with Crippen LogP contribution in [0.4, 0.5) is 18.3 Å². The SMILES string of the molecule is O=C(Nc1nc2c(C(F)(F)F)cccc2s1)c1cccc2ccccc12. The maximum absolute atomic E-state index is 13.1. The molecule has 0 fully saturated rings. The molecule has 4 aromatic rings. The van der Waals surface area contributed by atoms with Gasteiger partial charge in [-0.3, -0.25) is 10.1 Å². The number of nitrogens with zero attached hydrogens (tertiary/aromatic N) is 1. The fourth-order valence-electron chi connectivity index (χ4n) is 2.82. The first kappa shape index (κ1) is 16.5. The van der Waals surface area contributed by atoms with E-state index in [9.17, 15) is 18.0 Å². The highest BCUT2D eigenvalue weighted by atomic mass is 32.1. The zero-order valence-electron chi connectivity index (χ0n) is 13.2. The van der Waals surface area contributed by atoms with E-state index in [0.717, 1.165) is 28.2 Å². The third-order valence-corrected chi connectivity index (χ3v) is 4.92. The van der Waals surface area contributed by atoms with Crippen LogP contribution < -0.4 is 5.32 Å². The van der Waals surface area contributed by atoms with Gasteiger partial charge in [0, 0.05) is 5.56 Å². The van der Waals surface area contributed by atoms with Crippen LogP contribution in [0.3, 0.4) is 0 Å². The van der Waals surface area contributed by atoms with Gasteiger partial charge in [0.1, 0.15) is 0 Å². The van der Waals surface area contributed by atoms with Crippen LogP contribution in [0.5, 0.6) is 0 Å². The summed E-state index contributed by atoms with van der Waals surface area (Å²) in [6, 6.07) is 16.6. The molecular weight excluding hydrogens is 361 g/mol. The summed E-state index contributed by atoms with van der Waals surface area (Å²) < 4.78 is 39.7. The van der Waals surface area contributed by atoms with E-state index in [0.29, 0.717) is 10.3 Å². The first-order valence-electron chi connectivity index (χ1n) is 7.69.